The molecule has 0 radical (unpaired) electrons. The van der Waals surface area contributed by atoms with E-state index in [4.69, 9.17) is 10.7 Å². The van der Waals surface area contributed by atoms with E-state index < -0.39 is 12.1 Å². The van der Waals surface area contributed by atoms with Crippen LogP contribution in [-0.2, 0) is 22.6 Å². The van der Waals surface area contributed by atoms with Gasteiger partial charge in [-0.25, -0.2) is 14.6 Å². The van der Waals surface area contributed by atoms with E-state index in [0.717, 1.165) is 21.2 Å². The SMILES string of the molecule is Cc1nc2n(n1)CCN(C(=O)c1cccc3nc(N)sc13)CCCC(=O)N[C@H](Cc1c[nH]c3ccccc13)C(=O)N[C@H]2CC(C)C. The summed E-state index contributed by atoms with van der Waals surface area (Å²) in [5.41, 5.74) is 9.08. The summed E-state index contributed by atoms with van der Waals surface area (Å²) in [6, 6.07) is 12.1. The van der Waals surface area contributed by atoms with E-state index in [1.165, 1.54) is 11.3 Å². The number of carbonyl (C=O) groups is 3. The highest BCUT2D eigenvalue weighted by Crippen LogP contribution is 2.29. The minimum atomic E-state index is -0.811. The molecule has 0 fully saturated rings. The average molecular weight is 642 g/mol. The average Bonchev–Trinajstić information content (AvgIpc) is 3.72. The van der Waals surface area contributed by atoms with E-state index >= 15 is 0 Å². The number of aromatic amines is 1. The van der Waals surface area contributed by atoms with Gasteiger partial charge in [0.2, 0.25) is 11.8 Å². The molecule has 12 nitrogen and oxygen atoms in total. The van der Waals surface area contributed by atoms with Crippen molar-refractivity contribution >= 4 is 55.3 Å². The van der Waals surface area contributed by atoms with Gasteiger partial charge in [-0.3, -0.25) is 14.4 Å². The van der Waals surface area contributed by atoms with E-state index in [-0.39, 0.29) is 30.1 Å². The van der Waals surface area contributed by atoms with E-state index in [1.54, 1.807) is 21.7 Å². The van der Waals surface area contributed by atoms with Crippen molar-refractivity contribution in [1.29, 1.82) is 0 Å². The molecule has 2 atom stereocenters. The van der Waals surface area contributed by atoms with Gasteiger partial charge >= 0.3 is 0 Å². The number of nitrogens with two attached hydrogens (primary N) is 1. The maximum Gasteiger partial charge on any atom is 0.255 e. The molecule has 13 heteroatoms. The Hall–Kier alpha value is -4.78. The lowest BCUT2D eigenvalue weighted by Gasteiger charge is -2.27. The molecule has 0 spiro atoms. The van der Waals surface area contributed by atoms with Crippen LogP contribution >= 0.6 is 11.3 Å². The number of benzene rings is 2. The number of nitrogens with one attached hydrogen (secondary N) is 3. The van der Waals surface area contributed by atoms with Crippen molar-refractivity contribution in [3.8, 4) is 0 Å². The van der Waals surface area contributed by atoms with Crippen LogP contribution in [0.2, 0.25) is 0 Å². The van der Waals surface area contributed by atoms with Gasteiger partial charge in [-0.1, -0.05) is 49.4 Å². The molecular formula is C33H39N9O3S. The molecule has 5 aromatic rings. The molecule has 5 N–H and O–H groups in total. The number of hydrogen-bond donors (Lipinski definition) is 4. The van der Waals surface area contributed by atoms with Crippen molar-refractivity contribution in [3.05, 3.63) is 71.4 Å². The molecule has 3 aromatic heterocycles. The van der Waals surface area contributed by atoms with Crippen LogP contribution in [0.1, 0.15) is 66.7 Å². The van der Waals surface area contributed by atoms with Crippen LogP contribution in [0.15, 0.2) is 48.7 Å². The molecule has 0 unspecified atom stereocenters. The van der Waals surface area contributed by atoms with Gasteiger partial charge in [0, 0.05) is 43.0 Å². The summed E-state index contributed by atoms with van der Waals surface area (Å²) in [7, 11) is 0. The molecule has 0 aliphatic carbocycles. The van der Waals surface area contributed by atoms with Crippen molar-refractivity contribution in [1.82, 2.24) is 40.3 Å². The number of nitrogens with zero attached hydrogens (tertiary/aromatic N) is 5. The first kappa shape index (κ1) is 31.2. The zero-order valence-electron chi connectivity index (χ0n) is 26.2. The standard InChI is InChI=1S/C33H39N9O3S/c1-19(2)16-26-30-36-20(3)40-42(30)15-14-41(32(45)23-9-6-11-25-29(23)46-33(34)39-25)13-7-12-28(43)37-27(31(44)38-26)17-21-18-35-24-10-5-4-8-22(21)24/h4-6,8-11,18-19,26-27,35H,7,12-17H2,1-3H3,(H2,34,39)(H,37,43)(H,38,44)/t26-,27+/m0/s1. The fourth-order valence-electron chi connectivity index (χ4n) is 6.13. The van der Waals surface area contributed by atoms with Crippen LogP contribution in [0.4, 0.5) is 5.13 Å². The third-order valence-electron chi connectivity index (χ3n) is 8.25. The molecule has 0 bridgehead atoms. The van der Waals surface area contributed by atoms with Gasteiger partial charge in [-0.05, 0) is 49.4 Å². The zero-order valence-corrected chi connectivity index (χ0v) is 27.1. The Morgan fingerprint density at radius 2 is 1.87 bits per heavy atom. The number of hydrogen-bond acceptors (Lipinski definition) is 8. The first-order valence-electron chi connectivity index (χ1n) is 15.7. The van der Waals surface area contributed by atoms with Crippen molar-refractivity contribution in [2.75, 3.05) is 18.8 Å². The first-order valence-corrected chi connectivity index (χ1v) is 16.5. The quantitative estimate of drug-likeness (QED) is 0.224. The van der Waals surface area contributed by atoms with E-state index in [1.807, 2.05) is 43.5 Å². The second-order valence-corrected chi connectivity index (χ2v) is 13.2. The minimum absolute atomic E-state index is 0.155. The number of fused-ring (bicyclic) bond motifs is 3. The molecule has 3 amide bonds. The number of H-pyrrole nitrogens is 1. The first-order chi connectivity index (χ1) is 22.2. The van der Waals surface area contributed by atoms with Gasteiger partial charge in [0.1, 0.15) is 17.7 Å². The number of anilines is 1. The zero-order chi connectivity index (χ0) is 32.4. The fourth-order valence-corrected chi connectivity index (χ4v) is 6.97. The van der Waals surface area contributed by atoms with Gasteiger partial charge in [-0.15, -0.1) is 0 Å². The van der Waals surface area contributed by atoms with E-state index in [2.05, 4.69) is 39.5 Å². The number of amides is 3. The van der Waals surface area contributed by atoms with Crippen molar-refractivity contribution in [2.45, 2.75) is 65.1 Å². The maximum atomic E-state index is 14.0. The highest BCUT2D eigenvalue weighted by atomic mass is 32.1. The molecule has 0 saturated heterocycles. The molecule has 4 heterocycles. The lowest BCUT2D eigenvalue weighted by Crippen LogP contribution is -2.49. The molecule has 46 heavy (non-hydrogen) atoms. The summed E-state index contributed by atoms with van der Waals surface area (Å²) in [6.45, 7) is 7.05. The molecule has 240 valence electrons. The number of thiazole rings is 1. The number of aryl methyl sites for hydroxylation is 1. The Bertz CT molecular complexity index is 1890. The van der Waals surface area contributed by atoms with Crippen LogP contribution in [0, 0.1) is 12.8 Å². The summed E-state index contributed by atoms with van der Waals surface area (Å²) in [5, 5.41) is 12.3. The van der Waals surface area contributed by atoms with E-state index in [0.29, 0.717) is 66.8 Å². The second kappa shape index (κ2) is 13.3. The summed E-state index contributed by atoms with van der Waals surface area (Å²) < 4.78 is 2.53. The van der Waals surface area contributed by atoms with Crippen molar-refractivity contribution in [3.63, 3.8) is 0 Å². The summed E-state index contributed by atoms with van der Waals surface area (Å²) in [6.07, 6.45) is 3.40. The third kappa shape index (κ3) is 6.74. The molecular weight excluding hydrogens is 602 g/mol. The van der Waals surface area contributed by atoms with Crippen LogP contribution in [-0.4, -0.2) is 66.5 Å². The topological polar surface area (TPSA) is 164 Å². The highest BCUT2D eigenvalue weighted by molar-refractivity contribution is 7.22. The maximum absolute atomic E-state index is 14.0. The number of rotatable bonds is 5. The Morgan fingerprint density at radius 1 is 1.04 bits per heavy atom. The predicted octanol–water partition coefficient (Wildman–Crippen LogP) is 4.13. The van der Waals surface area contributed by atoms with Crippen LogP contribution in [0.3, 0.4) is 0 Å². The predicted molar refractivity (Wildman–Crippen MR) is 178 cm³/mol. The number of carbonyl (C=O) groups excluding carboxylic acids is 3. The molecule has 6 rings (SSSR count). The number of nitrogen functional groups attached to an aromatic ring is 1. The molecule has 1 aliphatic heterocycles. The minimum Gasteiger partial charge on any atom is -0.375 e. The lowest BCUT2D eigenvalue weighted by atomic mass is 10.0. The van der Waals surface area contributed by atoms with Crippen molar-refractivity contribution in [2.24, 2.45) is 5.92 Å². The fraction of sp³-hybridized carbons (Fsp3) is 0.394. The Kier molecular flexibility index (Phi) is 9.02. The summed E-state index contributed by atoms with van der Waals surface area (Å²) in [5.74, 6) is 0.752. The van der Waals surface area contributed by atoms with Gasteiger partial charge in [0.25, 0.3) is 5.91 Å². The third-order valence-corrected chi connectivity index (χ3v) is 9.19. The second-order valence-electron chi connectivity index (χ2n) is 12.2. The van der Waals surface area contributed by atoms with Gasteiger partial charge in [0.05, 0.1) is 28.4 Å². The van der Waals surface area contributed by atoms with E-state index in [9.17, 15) is 14.4 Å². The molecule has 0 saturated carbocycles. The van der Waals surface area contributed by atoms with Gasteiger partial charge in [-0.2, -0.15) is 5.10 Å². The summed E-state index contributed by atoms with van der Waals surface area (Å²) in [4.78, 5) is 55.4. The highest BCUT2D eigenvalue weighted by Gasteiger charge is 2.30. The van der Waals surface area contributed by atoms with Gasteiger partial charge < -0.3 is 26.3 Å². The Labute approximate surface area is 270 Å². The normalized spacial score (nSPS) is 18.4. The molecule has 2 aromatic carbocycles. The largest absolute Gasteiger partial charge is 0.375 e. The summed E-state index contributed by atoms with van der Waals surface area (Å²) >= 11 is 1.28. The smallest absolute Gasteiger partial charge is 0.255 e. The Morgan fingerprint density at radius 3 is 2.70 bits per heavy atom. The Balaban J connectivity index is 1.33. The van der Waals surface area contributed by atoms with Crippen LogP contribution < -0.4 is 16.4 Å². The van der Waals surface area contributed by atoms with Gasteiger partial charge in [0.15, 0.2) is 5.13 Å². The monoisotopic (exact) mass is 641 g/mol. The van der Waals surface area contributed by atoms with Crippen molar-refractivity contribution < 1.29 is 14.4 Å². The van der Waals surface area contributed by atoms with Crippen LogP contribution in [0.25, 0.3) is 21.1 Å². The lowest BCUT2D eigenvalue weighted by molar-refractivity contribution is -0.129. The molecule has 1 aliphatic rings. The van der Waals surface area contributed by atoms with Crippen LogP contribution in [0.5, 0.6) is 0 Å². The number of aromatic nitrogens is 5. The number of para-hydroxylation sites is 1.